The number of nitrogens with zero attached hydrogens (tertiary/aromatic N) is 3. The van der Waals surface area contributed by atoms with Crippen LogP contribution in [-0.4, -0.2) is 34.3 Å². The lowest BCUT2D eigenvalue weighted by Crippen LogP contribution is -2.31. The summed E-state index contributed by atoms with van der Waals surface area (Å²) in [6.07, 6.45) is 7.08. The molecule has 1 aromatic carbocycles. The molecule has 1 saturated heterocycles. The number of hydrogen-bond acceptors (Lipinski definition) is 3. The maximum Gasteiger partial charge on any atom is 0.129 e. The summed E-state index contributed by atoms with van der Waals surface area (Å²) in [5.74, 6) is 0.719. The van der Waals surface area contributed by atoms with Crippen molar-refractivity contribution >= 4 is 5.82 Å². The highest BCUT2D eigenvalue weighted by atomic mass is 15.3. The molecular formula is C17H24N4. The van der Waals surface area contributed by atoms with Crippen LogP contribution in [-0.2, 0) is 13.5 Å². The highest BCUT2D eigenvalue weighted by molar-refractivity contribution is 5.73. The Balaban J connectivity index is 1.62. The van der Waals surface area contributed by atoms with Gasteiger partial charge in [0.1, 0.15) is 5.82 Å². The first-order valence-electron chi connectivity index (χ1n) is 7.83. The number of likely N-dealkylation sites (tertiary alicyclic amines) is 1. The molecule has 2 N–H and O–H groups in total. The number of benzene rings is 1. The van der Waals surface area contributed by atoms with E-state index in [9.17, 15) is 0 Å². The molecule has 0 spiro atoms. The molecule has 0 atom stereocenters. The van der Waals surface area contributed by atoms with Gasteiger partial charge in [-0.05, 0) is 43.5 Å². The average molecular weight is 284 g/mol. The van der Waals surface area contributed by atoms with Crippen molar-refractivity contribution < 1.29 is 0 Å². The molecule has 0 bridgehead atoms. The van der Waals surface area contributed by atoms with Gasteiger partial charge in [0, 0.05) is 19.2 Å². The van der Waals surface area contributed by atoms with E-state index in [0.29, 0.717) is 0 Å². The number of aryl methyl sites for hydroxylation is 1. The van der Waals surface area contributed by atoms with Gasteiger partial charge in [0.2, 0.25) is 0 Å². The zero-order valence-electron chi connectivity index (χ0n) is 12.8. The van der Waals surface area contributed by atoms with Gasteiger partial charge in [-0.25, -0.2) is 0 Å². The monoisotopic (exact) mass is 284 g/mol. The molecule has 0 radical (unpaired) electrons. The van der Waals surface area contributed by atoms with Gasteiger partial charge in [-0.1, -0.05) is 30.7 Å². The van der Waals surface area contributed by atoms with E-state index in [1.807, 2.05) is 13.2 Å². The SMILES string of the molecule is Cn1ncc(-c2ccc(CCN3CCCCC3)cc2)c1N. The first kappa shape index (κ1) is 14.1. The van der Waals surface area contributed by atoms with E-state index in [1.165, 1.54) is 44.5 Å². The van der Waals surface area contributed by atoms with Gasteiger partial charge in [-0.2, -0.15) is 5.10 Å². The highest BCUT2D eigenvalue weighted by Crippen LogP contribution is 2.25. The third-order valence-corrected chi connectivity index (χ3v) is 4.41. The Morgan fingerprint density at radius 3 is 2.43 bits per heavy atom. The van der Waals surface area contributed by atoms with Gasteiger partial charge < -0.3 is 10.6 Å². The first-order chi connectivity index (χ1) is 10.2. The topological polar surface area (TPSA) is 47.1 Å². The van der Waals surface area contributed by atoms with Gasteiger partial charge in [0.05, 0.1) is 6.20 Å². The first-order valence-corrected chi connectivity index (χ1v) is 7.83. The van der Waals surface area contributed by atoms with Crippen molar-refractivity contribution in [3.8, 4) is 11.1 Å². The van der Waals surface area contributed by atoms with Crippen molar-refractivity contribution in [2.75, 3.05) is 25.4 Å². The van der Waals surface area contributed by atoms with Crippen molar-refractivity contribution in [1.29, 1.82) is 0 Å². The number of hydrogen-bond donors (Lipinski definition) is 1. The molecule has 21 heavy (non-hydrogen) atoms. The molecule has 1 aromatic heterocycles. The van der Waals surface area contributed by atoms with Crippen molar-refractivity contribution in [3.63, 3.8) is 0 Å². The summed E-state index contributed by atoms with van der Waals surface area (Å²) in [7, 11) is 1.87. The molecule has 0 amide bonds. The summed E-state index contributed by atoms with van der Waals surface area (Å²) < 4.78 is 1.71. The Morgan fingerprint density at radius 1 is 1.10 bits per heavy atom. The van der Waals surface area contributed by atoms with Crippen LogP contribution in [0.2, 0.25) is 0 Å². The van der Waals surface area contributed by atoms with Crippen molar-refractivity contribution in [2.24, 2.45) is 7.05 Å². The van der Waals surface area contributed by atoms with Gasteiger partial charge >= 0.3 is 0 Å². The Kier molecular flexibility index (Phi) is 4.25. The molecule has 0 unspecified atom stereocenters. The Bertz CT molecular complexity index is 579. The minimum atomic E-state index is 0.719. The van der Waals surface area contributed by atoms with Gasteiger partial charge in [-0.15, -0.1) is 0 Å². The van der Waals surface area contributed by atoms with E-state index in [-0.39, 0.29) is 0 Å². The molecule has 3 rings (SSSR count). The number of rotatable bonds is 4. The smallest absolute Gasteiger partial charge is 0.129 e. The van der Waals surface area contributed by atoms with E-state index in [1.54, 1.807) is 4.68 Å². The second kappa shape index (κ2) is 6.31. The Morgan fingerprint density at radius 2 is 1.81 bits per heavy atom. The van der Waals surface area contributed by atoms with Crippen LogP contribution in [0.25, 0.3) is 11.1 Å². The molecule has 1 fully saturated rings. The lowest BCUT2D eigenvalue weighted by molar-refractivity contribution is 0.231. The zero-order chi connectivity index (χ0) is 14.7. The molecule has 0 saturated carbocycles. The fraction of sp³-hybridized carbons (Fsp3) is 0.471. The fourth-order valence-corrected chi connectivity index (χ4v) is 2.99. The van der Waals surface area contributed by atoms with Crippen LogP contribution >= 0.6 is 0 Å². The lowest BCUT2D eigenvalue weighted by Gasteiger charge is -2.26. The van der Waals surface area contributed by atoms with Crippen LogP contribution < -0.4 is 5.73 Å². The number of nitrogens with two attached hydrogens (primary N) is 1. The van der Waals surface area contributed by atoms with E-state index >= 15 is 0 Å². The van der Waals surface area contributed by atoms with E-state index in [2.05, 4.69) is 34.3 Å². The number of anilines is 1. The maximum absolute atomic E-state index is 6.02. The minimum Gasteiger partial charge on any atom is -0.383 e. The van der Waals surface area contributed by atoms with Crippen molar-refractivity contribution in [1.82, 2.24) is 14.7 Å². The summed E-state index contributed by atoms with van der Waals surface area (Å²) in [4.78, 5) is 2.58. The number of nitrogen functional groups attached to an aromatic ring is 1. The van der Waals surface area contributed by atoms with Gasteiger partial charge in [0.15, 0.2) is 0 Å². The standard InChI is InChI=1S/C17H24N4/c1-20-17(18)16(13-19-20)15-7-5-14(6-8-15)9-12-21-10-3-2-4-11-21/h5-8,13H,2-4,9-12,18H2,1H3. The Labute approximate surface area is 126 Å². The predicted molar refractivity (Wildman–Crippen MR) is 87.1 cm³/mol. The summed E-state index contributed by atoms with van der Waals surface area (Å²) in [6.45, 7) is 3.71. The molecule has 0 aliphatic carbocycles. The summed E-state index contributed by atoms with van der Waals surface area (Å²) in [5, 5.41) is 4.20. The predicted octanol–water partition coefficient (Wildman–Crippen LogP) is 2.70. The molecule has 4 heteroatoms. The van der Waals surface area contributed by atoms with Crippen LogP contribution in [0.3, 0.4) is 0 Å². The van der Waals surface area contributed by atoms with Crippen molar-refractivity contribution in [2.45, 2.75) is 25.7 Å². The van der Waals surface area contributed by atoms with Crippen LogP contribution in [0.15, 0.2) is 30.5 Å². The molecule has 1 aliphatic rings. The molecule has 112 valence electrons. The van der Waals surface area contributed by atoms with E-state index < -0.39 is 0 Å². The van der Waals surface area contributed by atoms with Crippen LogP contribution in [0, 0.1) is 0 Å². The highest BCUT2D eigenvalue weighted by Gasteiger charge is 2.10. The lowest BCUT2D eigenvalue weighted by atomic mass is 10.0. The average Bonchev–Trinajstić information content (AvgIpc) is 2.87. The summed E-state index contributed by atoms with van der Waals surface area (Å²) >= 11 is 0. The third kappa shape index (κ3) is 3.27. The van der Waals surface area contributed by atoms with Crippen LogP contribution in [0.4, 0.5) is 5.82 Å². The molecular weight excluding hydrogens is 260 g/mol. The maximum atomic E-state index is 6.02. The minimum absolute atomic E-state index is 0.719. The second-order valence-corrected chi connectivity index (χ2v) is 5.92. The number of piperidine rings is 1. The molecule has 1 aliphatic heterocycles. The van der Waals surface area contributed by atoms with Gasteiger partial charge in [0.25, 0.3) is 0 Å². The third-order valence-electron chi connectivity index (χ3n) is 4.41. The van der Waals surface area contributed by atoms with Crippen molar-refractivity contribution in [3.05, 3.63) is 36.0 Å². The quantitative estimate of drug-likeness (QED) is 0.939. The normalized spacial score (nSPS) is 16.2. The van der Waals surface area contributed by atoms with E-state index in [4.69, 9.17) is 5.73 Å². The summed E-state index contributed by atoms with van der Waals surface area (Å²) in [6, 6.07) is 8.73. The number of aromatic nitrogens is 2. The van der Waals surface area contributed by atoms with Crippen LogP contribution in [0.1, 0.15) is 24.8 Å². The summed E-state index contributed by atoms with van der Waals surface area (Å²) in [5.41, 5.74) is 9.57. The fourth-order valence-electron chi connectivity index (χ4n) is 2.99. The zero-order valence-corrected chi connectivity index (χ0v) is 12.8. The van der Waals surface area contributed by atoms with Gasteiger partial charge in [-0.3, -0.25) is 4.68 Å². The second-order valence-electron chi connectivity index (χ2n) is 5.92. The van der Waals surface area contributed by atoms with E-state index in [0.717, 1.165) is 23.4 Å². The van der Waals surface area contributed by atoms with Crippen LogP contribution in [0.5, 0.6) is 0 Å². The molecule has 2 aromatic rings. The molecule has 4 nitrogen and oxygen atoms in total. The Hall–Kier alpha value is -1.81. The molecule has 2 heterocycles. The largest absolute Gasteiger partial charge is 0.383 e.